The van der Waals surface area contributed by atoms with Crippen LogP contribution in [0.15, 0.2) is 42.7 Å². The summed E-state index contributed by atoms with van der Waals surface area (Å²) in [5.74, 6) is 1.25. The number of nitro benzene ring substituents is 1. The van der Waals surface area contributed by atoms with E-state index in [1.54, 1.807) is 19.2 Å². The average molecular weight is 438 g/mol. The summed E-state index contributed by atoms with van der Waals surface area (Å²) in [4.78, 5) is 24.1. The van der Waals surface area contributed by atoms with Gasteiger partial charge in [-0.3, -0.25) is 10.1 Å². The van der Waals surface area contributed by atoms with Crippen LogP contribution >= 0.6 is 0 Å². The van der Waals surface area contributed by atoms with Gasteiger partial charge in [0, 0.05) is 61.9 Å². The quantitative estimate of drug-likeness (QED) is 0.301. The van der Waals surface area contributed by atoms with E-state index >= 15 is 0 Å². The summed E-state index contributed by atoms with van der Waals surface area (Å²) in [6, 6.07) is 10.0. The van der Waals surface area contributed by atoms with Crippen LogP contribution in [-0.4, -0.2) is 78.2 Å². The molecule has 9 heteroatoms. The van der Waals surface area contributed by atoms with E-state index in [9.17, 15) is 10.1 Å². The van der Waals surface area contributed by atoms with Crippen LogP contribution in [0.4, 0.5) is 5.69 Å². The standard InChI is InChI=1S/C23H27N5O4/c1-26-9-11-27(12-10-26)8-3-13-32-22-15-20-19(14-21(22)31-2)23(25-16-24-20)17-4-6-18(7-5-17)28(29)30/h4-7,14-16H,3,8-13H2,1-2H3. The number of aromatic nitrogens is 2. The van der Waals surface area contributed by atoms with Crippen molar-refractivity contribution in [3.8, 4) is 22.8 Å². The van der Waals surface area contributed by atoms with Gasteiger partial charge in [0.1, 0.15) is 6.33 Å². The minimum atomic E-state index is -0.418. The van der Waals surface area contributed by atoms with Crippen LogP contribution in [-0.2, 0) is 0 Å². The van der Waals surface area contributed by atoms with E-state index in [-0.39, 0.29) is 5.69 Å². The number of piperazine rings is 1. The molecular formula is C23H27N5O4. The third kappa shape index (κ3) is 4.95. The van der Waals surface area contributed by atoms with E-state index in [1.807, 2.05) is 12.1 Å². The van der Waals surface area contributed by atoms with E-state index in [2.05, 4.69) is 26.8 Å². The highest BCUT2D eigenvalue weighted by Crippen LogP contribution is 2.35. The van der Waals surface area contributed by atoms with Gasteiger partial charge in [0.2, 0.25) is 0 Å². The zero-order chi connectivity index (χ0) is 22.5. The number of non-ortho nitro benzene ring substituents is 1. The fourth-order valence-corrected chi connectivity index (χ4v) is 3.85. The van der Waals surface area contributed by atoms with E-state index in [0.717, 1.165) is 55.6 Å². The van der Waals surface area contributed by atoms with Crippen molar-refractivity contribution in [2.75, 3.05) is 53.5 Å². The van der Waals surface area contributed by atoms with Gasteiger partial charge in [0.15, 0.2) is 11.5 Å². The molecule has 0 radical (unpaired) electrons. The predicted molar refractivity (Wildman–Crippen MR) is 122 cm³/mol. The van der Waals surface area contributed by atoms with Gasteiger partial charge in [-0.2, -0.15) is 0 Å². The first-order valence-electron chi connectivity index (χ1n) is 10.7. The fourth-order valence-electron chi connectivity index (χ4n) is 3.85. The Kier molecular flexibility index (Phi) is 6.77. The molecule has 1 aliphatic rings. The van der Waals surface area contributed by atoms with Crippen LogP contribution < -0.4 is 9.47 Å². The fraction of sp³-hybridized carbons (Fsp3) is 0.391. The average Bonchev–Trinajstić information content (AvgIpc) is 2.82. The third-order valence-corrected chi connectivity index (χ3v) is 5.74. The molecule has 168 valence electrons. The molecule has 0 unspecified atom stereocenters. The lowest BCUT2D eigenvalue weighted by atomic mass is 10.1. The number of hydrogen-bond acceptors (Lipinski definition) is 8. The zero-order valence-corrected chi connectivity index (χ0v) is 18.4. The number of hydrogen-bond donors (Lipinski definition) is 0. The Labute approximate surface area is 186 Å². The highest BCUT2D eigenvalue weighted by Gasteiger charge is 2.15. The molecular weight excluding hydrogens is 410 g/mol. The summed E-state index contributed by atoms with van der Waals surface area (Å²) in [6.07, 6.45) is 2.42. The number of methoxy groups -OCH3 is 1. The Bertz CT molecular complexity index is 1080. The molecule has 0 N–H and O–H groups in total. The lowest BCUT2D eigenvalue weighted by molar-refractivity contribution is -0.384. The van der Waals surface area contributed by atoms with Crippen molar-refractivity contribution in [1.29, 1.82) is 0 Å². The van der Waals surface area contributed by atoms with E-state index < -0.39 is 4.92 Å². The SMILES string of the molecule is COc1cc2c(-c3ccc([N+](=O)[O-])cc3)ncnc2cc1OCCCN1CCN(C)CC1. The first-order chi connectivity index (χ1) is 15.5. The maximum atomic E-state index is 10.9. The molecule has 3 aromatic rings. The maximum Gasteiger partial charge on any atom is 0.269 e. The second kappa shape index (κ2) is 9.88. The molecule has 1 aliphatic heterocycles. The topological polar surface area (TPSA) is 93.9 Å². The Balaban J connectivity index is 1.49. The summed E-state index contributed by atoms with van der Waals surface area (Å²) < 4.78 is 11.6. The summed E-state index contributed by atoms with van der Waals surface area (Å²) in [5.41, 5.74) is 2.22. The smallest absolute Gasteiger partial charge is 0.269 e. The second-order valence-electron chi connectivity index (χ2n) is 7.89. The molecule has 2 heterocycles. The van der Waals surface area contributed by atoms with Crippen LogP contribution in [0.1, 0.15) is 6.42 Å². The van der Waals surface area contributed by atoms with Crippen molar-refractivity contribution >= 4 is 16.6 Å². The molecule has 0 aliphatic carbocycles. The summed E-state index contributed by atoms with van der Waals surface area (Å²) >= 11 is 0. The van der Waals surface area contributed by atoms with E-state index in [0.29, 0.717) is 23.8 Å². The monoisotopic (exact) mass is 437 g/mol. The molecule has 0 saturated carbocycles. The van der Waals surface area contributed by atoms with Crippen molar-refractivity contribution in [3.05, 3.63) is 52.8 Å². The summed E-state index contributed by atoms with van der Waals surface area (Å²) in [6.45, 7) is 6.01. The van der Waals surface area contributed by atoms with Crippen LogP contribution in [0.5, 0.6) is 11.5 Å². The van der Waals surface area contributed by atoms with Gasteiger partial charge in [-0.1, -0.05) is 0 Å². The van der Waals surface area contributed by atoms with Crippen molar-refractivity contribution in [1.82, 2.24) is 19.8 Å². The van der Waals surface area contributed by atoms with Gasteiger partial charge in [-0.05, 0) is 31.7 Å². The molecule has 0 atom stereocenters. The highest BCUT2D eigenvalue weighted by atomic mass is 16.6. The van der Waals surface area contributed by atoms with Crippen molar-refractivity contribution < 1.29 is 14.4 Å². The molecule has 32 heavy (non-hydrogen) atoms. The minimum Gasteiger partial charge on any atom is -0.493 e. The van der Waals surface area contributed by atoms with Crippen LogP contribution in [0.3, 0.4) is 0 Å². The van der Waals surface area contributed by atoms with Gasteiger partial charge in [0.25, 0.3) is 5.69 Å². The summed E-state index contributed by atoms with van der Waals surface area (Å²) in [7, 11) is 3.76. The molecule has 1 aromatic heterocycles. The van der Waals surface area contributed by atoms with E-state index in [1.165, 1.54) is 18.5 Å². The number of nitro groups is 1. The Morgan fingerprint density at radius 1 is 1.06 bits per heavy atom. The predicted octanol–water partition coefficient (Wildman–Crippen LogP) is 3.23. The van der Waals surface area contributed by atoms with Gasteiger partial charge >= 0.3 is 0 Å². The number of benzene rings is 2. The van der Waals surface area contributed by atoms with Gasteiger partial charge in [-0.25, -0.2) is 9.97 Å². The Morgan fingerprint density at radius 3 is 2.50 bits per heavy atom. The Hall–Kier alpha value is -3.30. The zero-order valence-electron chi connectivity index (χ0n) is 18.4. The first-order valence-corrected chi connectivity index (χ1v) is 10.7. The van der Waals surface area contributed by atoms with Crippen molar-refractivity contribution in [2.24, 2.45) is 0 Å². The molecule has 0 bridgehead atoms. The molecule has 9 nitrogen and oxygen atoms in total. The van der Waals surface area contributed by atoms with Crippen LogP contribution in [0.25, 0.3) is 22.2 Å². The number of likely N-dealkylation sites (N-methyl/N-ethyl adjacent to an activating group) is 1. The first kappa shape index (κ1) is 21.9. The molecule has 4 rings (SSSR count). The largest absolute Gasteiger partial charge is 0.493 e. The lowest BCUT2D eigenvalue weighted by Gasteiger charge is -2.32. The number of nitrogens with zero attached hydrogens (tertiary/aromatic N) is 5. The number of rotatable bonds is 8. The minimum absolute atomic E-state index is 0.0388. The third-order valence-electron chi connectivity index (χ3n) is 5.74. The van der Waals surface area contributed by atoms with Crippen LogP contribution in [0.2, 0.25) is 0 Å². The van der Waals surface area contributed by atoms with Crippen LogP contribution in [0, 0.1) is 10.1 Å². The number of ether oxygens (including phenoxy) is 2. The van der Waals surface area contributed by atoms with Gasteiger partial charge in [0.05, 0.1) is 29.9 Å². The summed E-state index contributed by atoms with van der Waals surface area (Å²) in [5, 5.41) is 11.7. The van der Waals surface area contributed by atoms with Crippen molar-refractivity contribution in [3.63, 3.8) is 0 Å². The second-order valence-corrected chi connectivity index (χ2v) is 7.89. The molecule has 1 fully saturated rings. The van der Waals surface area contributed by atoms with Gasteiger partial charge < -0.3 is 19.3 Å². The van der Waals surface area contributed by atoms with E-state index in [4.69, 9.17) is 9.47 Å². The number of fused-ring (bicyclic) bond motifs is 1. The normalized spacial score (nSPS) is 15.1. The molecule has 0 amide bonds. The van der Waals surface area contributed by atoms with Gasteiger partial charge in [-0.15, -0.1) is 0 Å². The Morgan fingerprint density at radius 2 is 1.81 bits per heavy atom. The highest BCUT2D eigenvalue weighted by molar-refractivity contribution is 5.94. The maximum absolute atomic E-state index is 10.9. The lowest BCUT2D eigenvalue weighted by Crippen LogP contribution is -2.44. The molecule has 0 spiro atoms. The molecule has 1 saturated heterocycles. The van der Waals surface area contributed by atoms with Crippen molar-refractivity contribution in [2.45, 2.75) is 6.42 Å². The molecule has 2 aromatic carbocycles.